The van der Waals surface area contributed by atoms with E-state index in [9.17, 15) is 9.59 Å². The fourth-order valence-electron chi connectivity index (χ4n) is 3.16. The highest BCUT2D eigenvalue weighted by Gasteiger charge is 2.24. The summed E-state index contributed by atoms with van der Waals surface area (Å²) in [4.78, 5) is 27.4. The molecular formula is C21H26N2O3S. The van der Waals surface area contributed by atoms with Gasteiger partial charge >= 0.3 is 0 Å². The number of thiophene rings is 1. The number of hydrogen-bond donors (Lipinski definition) is 1. The first-order valence-corrected chi connectivity index (χ1v) is 10.2. The minimum Gasteiger partial charge on any atom is -0.484 e. The summed E-state index contributed by atoms with van der Waals surface area (Å²) in [5, 5.41) is 5.06. The van der Waals surface area contributed by atoms with Crippen LogP contribution in [-0.4, -0.2) is 42.5 Å². The Morgan fingerprint density at radius 3 is 2.63 bits per heavy atom. The van der Waals surface area contributed by atoms with Gasteiger partial charge in [-0.3, -0.25) is 9.59 Å². The maximum Gasteiger partial charge on any atom is 0.260 e. The number of benzene rings is 1. The Kier molecular flexibility index (Phi) is 6.50. The fraction of sp³-hybridized carbons (Fsp3) is 0.429. The monoisotopic (exact) mass is 386 g/mol. The van der Waals surface area contributed by atoms with Crippen LogP contribution in [-0.2, 0) is 16.0 Å². The van der Waals surface area contributed by atoms with E-state index in [1.165, 1.54) is 5.56 Å². The Hall–Kier alpha value is -2.34. The minimum atomic E-state index is -0.00316. The van der Waals surface area contributed by atoms with Crippen molar-refractivity contribution >= 4 is 23.2 Å². The highest BCUT2D eigenvalue weighted by atomic mass is 32.1. The van der Waals surface area contributed by atoms with Crippen molar-refractivity contribution in [3.8, 4) is 5.75 Å². The molecule has 0 saturated carbocycles. The second kappa shape index (κ2) is 9.04. The number of amides is 2. The van der Waals surface area contributed by atoms with Gasteiger partial charge in [0.05, 0.1) is 6.42 Å². The lowest BCUT2D eigenvalue weighted by molar-refractivity contribution is -0.134. The van der Waals surface area contributed by atoms with E-state index >= 15 is 0 Å². The fourth-order valence-corrected chi connectivity index (χ4v) is 3.87. The van der Waals surface area contributed by atoms with Crippen LogP contribution in [0.15, 0.2) is 35.7 Å². The molecule has 27 heavy (non-hydrogen) atoms. The molecule has 0 aliphatic carbocycles. The first-order chi connectivity index (χ1) is 13.0. The molecule has 1 aromatic carbocycles. The summed E-state index contributed by atoms with van der Waals surface area (Å²) in [6, 6.07) is 9.92. The van der Waals surface area contributed by atoms with Crippen LogP contribution in [0.3, 0.4) is 0 Å². The largest absolute Gasteiger partial charge is 0.484 e. The molecule has 144 valence electrons. The van der Waals surface area contributed by atoms with Crippen molar-refractivity contribution in [3.63, 3.8) is 0 Å². The smallest absolute Gasteiger partial charge is 0.260 e. The summed E-state index contributed by atoms with van der Waals surface area (Å²) in [5.41, 5.74) is 2.36. The highest BCUT2D eigenvalue weighted by Crippen LogP contribution is 2.17. The zero-order valence-electron chi connectivity index (χ0n) is 15.9. The lowest BCUT2D eigenvalue weighted by atomic mass is 10.0. The molecule has 6 heteroatoms. The summed E-state index contributed by atoms with van der Waals surface area (Å²) in [7, 11) is 0. The Morgan fingerprint density at radius 1 is 1.19 bits per heavy atom. The second-order valence-corrected chi connectivity index (χ2v) is 8.05. The number of nitrogens with one attached hydrogen (secondary N) is 1. The van der Waals surface area contributed by atoms with E-state index in [0.717, 1.165) is 29.0 Å². The molecule has 0 radical (unpaired) electrons. The highest BCUT2D eigenvalue weighted by molar-refractivity contribution is 7.10. The molecule has 1 fully saturated rings. The number of ether oxygens (including phenoxy) is 1. The molecular weight excluding hydrogens is 360 g/mol. The van der Waals surface area contributed by atoms with E-state index in [1.807, 2.05) is 54.5 Å². The molecule has 1 N–H and O–H groups in total. The third-order valence-corrected chi connectivity index (χ3v) is 5.84. The number of aryl methyl sites for hydroxylation is 2. The number of carbonyl (C=O) groups is 2. The van der Waals surface area contributed by atoms with Crippen molar-refractivity contribution in [1.29, 1.82) is 0 Å². The van der Waals surface area contributed by atoms with Crippen LogP contribution in [0.25, 0.3) is 0 Å². The standard InChI is InChI=1S/C21H26N2O3S/c1-15-5-6-18(12-16(15)2)26-14-21(25)23-9-7-17(8-10-23)22-20(24)13-19-4-3-11-27-19/h3-6,11-12,17H,7-10,13-14H2,1-2H3,(H,22,24). The summed E-state index contributed by atoms with van der Waals surface area (Å²) < 4.78 is 5.65. The number of rotatable bonds is 6. The Balaban J connectivity index is 1.39. The SMILES string of the molecule is Cc1ccc(OCC(=O)N2CCC(NC(=O)Cc3cccs3)CC2)cc1C. The van der Waals surface area contributed by atoms with E-state index in [0.29, 0.717) is 19.5 Å². The van der Waals surface area contributed by atoms with Crippen LogP contribution in [0.5, 0.6) is 5.75 Å². The van der Waals surface area contributed by atoms with Gasteiger partial charge in [-0.25, -0.2) is 0 Å². The van der Waals surface area contributed by atoms with Gasteiger partial charge in [-0.15, -0.1) is 11.3 Å². The second-order valence-electron chi connectivity index (χ2n) is 7.01. The van der Waals surface area contributed by atoms with Gasteiger partial charge in [-0.05, 0) is 61.4 Å². The van der Waals surface area contributed by atoms with E-state index in [4.69, 9.17) is 4.74 Å². The average molecular weight is 387 g/mol. The van der Waals surface area contributed by atoms with Gasteiger partial charge in [0.15, 0.2) is 6.61 Å². The van der Waals surface area contributed by atoms with Gasteiger partial charge in [0.1, 0.15) is 5.75 Å². The zero-order valence-corrected chi connectivity index (χ0v) is 16.7. The summed E-state index contributed by atoms with van der Waals surface area (Å²) in [6.07, 6.45) is 2.00. The average Bonchev–Trinajstić information content (AvgIpc) is 3.16. The first kappa shape index (κ1) is 19.4. The molecule has 3 rings (SSSR count). The van der Waals surface area contributed by atoms with Crippen LogP contribution in [0.4, 0.5) is 0 Å². The van der Waals surface area contributed by atoms with E-state index < -0.39 is 0 Å². The molecule has 1 saturated heterocycles. The molecule has 1 aliphatic rings. The van der Waals surface area contributed by atoms with Crippen molar-refractivity contribution < 1.29 is 14.3 Å². The van der Waals surface area contributed by atoms with Crippen molar-refractivity contribution in [1.82, 2.24) is 10.2 Å². The van der Waals surface area contributed by atoms with Gasteiger partial charge in [0.2, 0.25) is 5.91 Å². The van der Waals surface area contributed by atoms with Crippen molar-refractivity contribution in [3.05, 3.63) is 51.7 Å². The Bertz CT molecular complexity index is 781. The summed E-state index contributed by atoms with van der Waals surface area (Å²) in [6.45, 7) is 5.44. The molecule has 1 aliphatic heterocycles. The van der Waals surface area contributed by atoms with E-state index in [1.54, 1.807) is 11.3 Å². The van der Waals surface area contributed by atoms with E-state index in [-0.39, 0.29) is 24.5 Å². The lowest BCUT2D eigenvalue weighted by Crippen LogP contribution is -2.47. The molecule has 2 aromatic rings. The minimum absolute atomic E-state index is 0.00316. The number of piperidine rings is 1. The van der Waals surface area contributed by atoms with Crippen LogP contribution in [0, 0.1) is 13.8 Å². The van der Waals surface area contributed by atoms with Crippen LogP contribution >= 0.6 is 11.3 Å². The van der Waals surface area contributed by atoms with E-state index in [2.05, 4.69) is 5.32 Å². The maximum absolute atomic E-state index is 12.4. The predicted octanol–water partition coefficient (Wildman–Crippen LogP) is 3.09. The number of carbonyl (C=O) groups excluding carboxylic acids is 2. The summed E-state index contributed by atoms with van der Waals surface area (Å²) >= 11 is 1.60. The molecule has 0 unspecified atom stereocenters. The predicted molar refractivity (Wildman–Crippen MR) is 107 cm³/mol. The third-order valence-electron chi connectivity index (χ3n) is 4.97. The maximum atomic E-state index is 12.4. The van der Waals surface area contributed by atoms with Crippen LogP contribution in [0.2, 0.25) is 0 Å². The normalized spacial score (nSPS) is 14.8. The topological polar surface area (TPSA) is 58.6 Å². The lowest BCUT2D eigenvalue weighted by Gasteiger charge is -2.32. The molecule has 5 nitrogen and oxygen atoms in total. The molecule has 0 atom stereocenters. The van der Waals surface area contributed by atoms with Crippen molar-refractivity contribution in [2.24, 2.45) is 0 Å². The van der Waals surface area contributed by atoms with Gasteiger partial charge in [-0.1, -0.05) is 12.1 Å². The van der Waals surface area contributed by atoms with Crippen LogP contribution in [0.1, 0.15) is 28.8 Å². The van der Waals surface area contributed by atoms with Crippen molar-refractivity contribution in [2.75, 3.05) is 19.7 Å². The zero-order chi connectivity index (χ0) is 19.2. The molecule has 1 aromatic heterocycles. The first-order valence-electron chi connectivity index (χ1n) is 9.31. The van der Waals surface area contributed by atoms with Gasteiger partial charge in [0, 0.05) is 24.0 Å². The van der Waals surface area contributed by atoms with Gasteiger partial charge in [-0.2, -0.15) is 0 Å². The number of hydrogen-bond acceptors (Lipinski definition) is 4. The van der Waals surface area contributed by atoms with Crippen molar-refractivity contribution in [2.45, 2.75) is 39.2 Å². The number of likely N-dealkylation sites (tertiary alicyclic amines) is 1. The Morgan fingerprint density at radius 2 is 1.96 bits per heavy atom. The molecule has 2 heterocycles. The summed E-state index contributed by atoms with van der Waals surface area (Å²) in [5.74, 6) is 0.777. The van der Waals surface area contributed by atoms with Gasteiger partial charge < -0.3 is 15.0 Å². The van der Waals surface area contributed by atoms with Crippen LogP contribution < -0.4 is 10.1 Å². The molecule has 0 bridgehead atoms. The third kappa shape index (κ3) is 5.57. The van der Waals surface area contributed by atoms with Gasteiger partial charge in [0.25, 0.3) is 5.91 Å². The molecule has 0 spiro atoms. The number of nitrogens with zero attached hydrogens (tertiary/aromatic N) is 1. The quantitative estimate of drug-likeness (QED) is 0.830. The Labute approximate surface area is 164 Å². The molecule has 2 amide bonds.